The van der Waals surface area contributed by atoms with E-state index in [1.807, 2.05) is 30.3 Å². The number of para-hydroxylation sites is 2. The fourth-order valence-corrected chi connectivity index (χ4v) is 6.39. The van der Waals surface area contributed by atoms with Crippen molar-refractivity contribution in [1.82, 2.24) is 0 Å². The molecule has 32 heavy (non-hydrogen) atoms. The van der Waals surface area contributed by atoms with E-state index in [1.165, 1.54) is 14.7 Å². The van der Waals surface area contributed by atoms with Crippen molar-refractivity contribution >= 4 is 23.0 Å². The molecule has 0 fully saturated rings. The zero-order chi connectivity index (χ0) is 22.1. The van der Waals surface area contributed by atoms with Crippen LogP contribution in [0.3, 0.4) is 0 Å². The zero-order valence-electron chi connectivity index (χ0n) is 17.2. The number of halogens is 1. The number of rotatable bonds is 7. The summed E-state index contributed by atoms with van der Waals surface area (Å²) in [6.45, 7) is 0.790. The number of nitrogens with two attached hydrogens (primary N) is 1. The van der Waals surface area contributed by atoms with E-state index < -0.39 is 5.97 Å². The molecule has 5 nitrogen and oxygen atoms in total. The van der Waals surface area contributed by atoms with E-state index in [0.29, 0.717) is 24.5 Å². The van der Waals surface area contributed by atoms with Gasteiger partial charge in [-0.2, -0.15) is 0 Å². The van der Waals surface area contributed by atoms with Gasteiger partial charge in [-0.05, 0) is 0 Å². The summed E-state index contributed by atoms with van der Waals surface area (Å²) in [6.07, 6.45) is 3.86. The first-order valence-electron chi connectivity index (χ1n) is 10.2. The van der Waals surface area contributed by atoms with Gasteiger partial charge in [-0.3, -0.25) is 0 Å². The number of benzene rings is 3. The van der Waals surface area contributed by atoms with Crippen molar-refractivity contribution in [1.29, 1.82) is 0 Å². The van der Waals surface area contributed by atoms with Crippen LogP contribution in [-0.4, -0.2) is 11.1 Å². The molecule has 1 aliphatic heterocycles. The van der Waals surface area contributed by atoms with E-state index in [1.54, 1.807) is 12.3 Å². The van der Waals surface area contributed by atoms with Crippen LogP contribution in [0.5, 0.6) is 5.75 Å². The van der Waals surface area contributed by atoms with E-state index in [-0.39, 0.29) is 27.6 Å². The van der Waals surface area contributed by atoms with Gasteiger partial charge >= 0.3 is 196 Å². The van der Waals surface area contributed by atoms with E-state index in [9.17, 15) is 9.90 Å². The van der Waals surface area contributed by atoms with E-state index in [0.717, 1.165) is 27.7 Å². The summed E-state index contributed by atoms with van der Waals surface area (Å²) < 4.78 is 15.6. The summed E-state index contributed by atoms with van der Waals surface area (Å²) >= 11 is -0.214. The van der Waals surface area contributed by atoms with Crippen molar-refractivity contribution in [2.45, 2.75) is 19.6 Å². The number of furan rings is 1. The molecule has 0 atom stereocenters. The molecule has 1 aromatic heterocycles. The molecule has 0 bridgehead atoms. The predicted octanol–water partition coefficient (Wildman–Crippen LogP) is 2.01. The minimum absolute atomic E-state index is 0.0667. The Balaban J connectivity index is 1.52. The quantitative estimate of drug-likeness (QED) is 0.352. The Bertz CT molecular complexity index is 1360. The molecule has 0 saturated heterocycles. The molecule has 4 aromatic rings. The molecular formula is C26H21INO4-. The molecule has 0 spiro atoms. The average Bonchev–Trinajstić information content (AvgIpc) is 3.44. The van der Waals surface area contributed by atoms with Crippen LogP contribution in [0.1, 0.15) is 22.3 Å². The number of ether oxygens (including phenoxy) is 1. The standard InChI is InChI=1S/C26H21INO4/c28-13-19-15-32-26-20(19)5-3-6-21(26)22-11-16(10-18-8-9-27-25(18)22)14-31-23-7-2-1-4-17(23)12-24(29)30/h1-11,15H,12-14,28H2,(H,29,30)/q-1. The van der Waals surface area contributed by atoms with Crippen LogP contribution < -0.4 is 31.7 Å². The SMILES string of the molecule is NCc1coc2c(-c3cc(COc4ccccc4CC(=O)O)cc4c3[I-]C=C4)cccc12. The number of fused-ring (bicyclic) bond motifs is 2. The summed E-state index contributed by atoms with van der Waals surface area (Å²) in [5.41, 5.74) is 12.9. The number of aliphatic carboxylic acids is 1. The molecule has 1 aliphatic rings. The maximum absolute atomic E-state index is 11.2. The van der Waals surface area contributed by atoms with Gasteiger partial charge in [0.15, 0.2) is 0 Å². The summed E-state index contributed by atoms with van der Waals surface area (Å²) in [4.78, 5) is 11.2. The summed E-state index contributed by atoms with van der Waals surface area (Å²) in [7, 11) is 0. The van der Waals surface area contributed by atoms with Crippen LogP contribution in [0.4, 0.5) is 0 Å². The molecule has 2 heterocycles. The average molecular weight is 538 g/mol. The van der Waals surface area contributed by atoms with Gasteiger partial charge in [-0.15, -0.1) is 0 Å². The number of carbonyl (C=O) groups is 1. The Morgan fingerprint density at radius 3 is 2.78 bits per heavy atom. The van der Waals surface area contributed by atoms with E-state index in [4.69, 9.17) is 14.9 Å². The molecule has 162 valence electrons. The van der Waals surface area contributed by atoms with Gasteiger partial charge in [0, 0.05) is 0 Å². The van der Waals surface area contributed by atoms with E-state index in [2.05, 4.69) is 28.4 Å². The Hall–Kier alpha value is -3.10. The number of carboxylic acids is 1. The van der Waals surface area contributed by atoms with Crippen LogP contribution in [-0.2, 0) is 24.4 Å². The molecule has 0 unspecified atom stereocenters. The van der Waals surface area contributed by atoms with Crippen molar-refractivity contribution in [3.63, 3.8) is 0 Å². The first-order chi connectivity index (χ1) is 15.6. The van der Waals surface area contributed by atoms with Gasteiger partial charge in [0.25, 0.3) is 0 Å². The van der Waals surface area contributed by atoms with Crippen LogP contribution in [0, 0.1) is 3.57 Å². The Labute approximate surface area is 195 Å². The maximum atomic E-state index is 11.2. The van der Waals surface area contributed by atoms with Crippen LogP contribution in [0.25, 0.3) is 28.2 Å². The summed E-state index contributed by atoms with van der Waals surface area (Å²) in [6, 6.07) is 17.8. The Morgan fingerprint density at radius 1 is 1.06 bits per heavy atom. The monoisotopic (exact) mass is 538 g/mol. The fraction of sp³-hybridized carbons (Fsp3) is 0.115. The molecule has 3 aromatic carbocycles. The predicted molar refractivity (Wildman–Crippen MR) is 119 cm³/mol. The van der Waals surface area contributed by atoms with Gasteiger partial charge in [0.1, 0.15) is 0 Å². The van der Waals surface area contributed by atoms with Gasteiger partial charge in [-0.25, -0.2) is 0 Å². The number of hydrogen-bond donors (Lipinski definition) is 2. The van der Waals surface area contributed by atoms with Gasteiger partial charge < -0.3 is 0 Å². The second-order valence-corrected chi connectivity index (χ2v) is 9.98. The van der Waals surface area contributed by atoms with Crippen molar-refractivity contribution in [3.8, 4) is 16.9 Å². The Kier molecular flexibility index (Phi) is 5.71. The minimum atomic E-state index is -0.877. The third kappa shape index (κ3) is 3.91. The van der Waals surface area contributed by atoms with Gasteiger partial charge in [0.2, 0.25) is 0 Å². The number of hydrogen-bond acceptors (Lipinski definition) is 4. The summed E-state index contributed by atoms with van der Waals surface area (Å²) in [5, 5.41) is 10.2. The molecule has 3 N–H and O–H groups in total. The topological polar surface area (TPSA) is 85.7 Å². The molecule has 0 aliphatic carbocycles. The summed E-state index contributed by atoms with van der Waals surface area (Å²) in [5.74, 6) is -0.279. The second kappa shape index (κ2) is 8.80. The first-order valence-corrected chi connectivity index (χ1v) is 12.6. The van der Waals surface area contributed by atoms with Gasteiger partial charge in [0.05, 0.1) is 0 Å². The van der Waals surface area contributed by atoms with Crippen molar-refractivity contribution < 1.29 is 40.3 Å². The van der Waals surface area contributed by atoms with Crippen molar-refractivity contribution in [2.24, 2.45) is 5.73 Å². The third-order valence-electron chi connectivity index (χ3n) is 5.47. The van der Waals surface area contributed by atoms with Crippen LogP contribution in [0.2, 0.25) is 0 Å². The molecule has 0 radical (unpaired) electrons. The fourth-order valence-electron chi connectivity index (χ4n) is 3.99. The first kappa shape index (κ1) is 20.8. The van der Waals surface area contributed by atoms with Gasteiger partial charge in [-0.1, -0.05) is 0 Å². The van der Waals surface area contributed by atoms with Crippen LogP contribution >= 0.6 is 0 Å². The van der Waals surface area contributed by atoms with Crippen molar-refractivity contribution in [3.05, 3.63) is 90.8 Å². The molecular weight excluding hydrogens is 517 g/mol. The molecule has 0 saturated carbocycles. The third-order valence-corrected chi connectivity index (χ3v) is 8.02. The second-order valence-electron chi connectivity index (χ2n) is 7.56. The van der Waals surface area contributed by atoms with E-state index >= 15 is 0 Å². The Morgan fingerprint density at radius 2 is 1.94 bits per heavy atom. The van der Waals surface area contributed by atoms with Crippen LogP contribution in [0.15, 0.2) is 69.4 Å². The molecule has 6 heteroatoms. The molecule has 0 amide bonds. The number of carboxylic acid groups (broad SMARTS) is 1. The normalized spacial score (nSPS) is 12.5. The zero-order valence-corrected chi connectivity index (χ0v) is 19.3. The van der Waals surface area contributed by atoms with Crippen molar-refractivity contribution in [2.75, 3.05) is 0 Å². The molecule has 5 rings (SSSR count).